The Morgan fingerprint density at radius 2 is 1.88 bits per heavy atom. The lowest BCUT2D eigenvalue weighted by Gasteiger charge is -2.17. The maximum absolute atomic E-state index is 6.03. The van der Waals surface area contributed by atoms with Crippen LogP contribution in [0.2, 0.25) is 0 Å². The molecule has 0 saturated heterocycles. The molecule has 6 nitrogen and oxygen atoms in total. The molecule has 0 bridgehead atoms. The van der Waals surface area contributed by atoms with Crippen molar-refractivity contribution >= 4 is 22.2 Å². The van der Waals surface area contributed by atoms with E-state index in [4.69, 9.17) is 4.74 Å². The molecule has 2 aromatic heterocycles. The van der Waals surface area contributed by atoms with Gasteiger partial charge in [0.2, 0.25) is 0 Å². The highest BCUT2D eigenvalue weighted by Crippen LogP contribution is 2.29. The van der Waals surface area contributed by atoms with Crippen molar-refractivity contribution < 1.29 is 4.74 Å². The third-order valence-electron chi connectivity index (χ3n) is 4.23. The first-order valence-corrected chi connectivity index (χ1v) is 8.72. The number of nitrogens with one attached hydrogen (secondary N) is 1. The normalized spacial score (nSPS) is 11.4. The van der Waals surface area contributed by atoms with Crippen LogP contribution in [0, 0.1) is 6.92 Å². The van der Waals surface area contributed by atoms with E-state index < -0.39 is 0 Å². The van der Waals surface area contributed by atoms with Gasteiger partial charge in [-0.15, -0.1) is 15.3 Å². The Kier molecular flexibility index (Phi) is 4.16. The van der Waals surface area contributed by atoms with Gasteiger partial charge in [-0.3, -0.25) is 0 Å². The van der Waals surface area contributed by atoms with Crippen LogP contribution in [0.4, 0.5) is 5.82 Å². The van der Waals surface area contributed by atoms with Gasteiger partial charge in [0, 0.05) is 12.1 Å². The van der Waals surface area contributed by atoms with Crippen molar-refractivity contribution in [3.8, 4) is 5.75 Å². The number of fused-ring (bicyclic) bond motifs is 2. The Hall–Kier alpha value is -3.15. The first kappa shape index (κ1) is 16.3. The van der Waals surface area contributed by atoms with Crippen molar-refractivity contribution in [3.63, 3.8) is 0 Å². The number of nitrogens with zero attached hydrogens (tertiary/aromatic N) is 4. The van der Waals surface area contributed by atoms with E-state index >= 15 is 0 Å². The highest BCUT2D eigenvalue weighted by Gasteiger charge is 2.11. The lowest BCUT2D eigenvalue weighted by molar-refractivity contribution is 0.240. The van der Waals surface area contributed by atoms with Crippen molar-refractivity contribution in [1.29, 1.82) is 0 Å². The van der Waals surface area contributed by atoms with Crippen LogP contribution in [0.15, 0.2) is 48.5 Å². The van der Waals surface area contributed by atoms with Crippen LogP contribution in [0.25, 0.3) is 16.4 Å². The van der Waals surface area contributed by atoms with Gasteiger partial charge in [0.1, 0.15) is 11.6 Å². The third-order valence-corrected chi connectivity index (χ3v) is 4.23. The molecule has 0 atom stereocenters. The standard InChI is InChI=1S/C20H21N5O/c1-13(2)26-18-9-8-15-6-4-5-7-16(15)17(18)12-21-19-10-11-20-23-22-14(3)25(20)24-19/h4-11,13H,12H2,1-3H3,(H,21,24). The van der Waals surface area contributed by atoms with Crippen LogP contribution in [0.5, 0.6) is 5.75 Å². The number of hydrogen-bond acceptors (Lipinski definition) is 5. The van der Waals surface area contributed by atoms with E-state index in [0.29, 0.717) is 6.54 Å². The summed E-state index contributed by atoms with van der Waals surface area (Å²) >= 11 is 0. The van der Waals surface area contributed by atoms with E-state index in [-0.39, 0.29) is 6.10 Å². The van der Waals surface area contributed by atoms with Crippen molar-refractivity contribution in [2.45, 2.75) is 33.4 Å². The molecular weight excluding hydrogens is 326 g/mol. The molecule has 0 aliphatic rings. The summed E-state index contributed by atoms with van der Waals surface area (Å²) in [7, 11) is 0. The van der Waals surface area contributed by atoms with E-state index in [1.54, 1.807) is 4.52 Å². The van der Waals surface area contributed by atoms with E-state index in [1.807, 2.05) is 45.0 Å². The predicted octanol–water partition coefficient (Wildman–Crippen LogP) is 3.99. The van der Waals surface area contributed by atoms with Gasteiger partial charge >= 0.3 is 0 Å². The number of aryl methyl sites for hydroxylation is 1. The zero-order valence-corrected chi connectivity index (χ0v) is 15.1. The second-order valence-corrected chi connectivity index (χ2v) is 6.52. The molecule has 132 valence electrons. The minimum Gasteiger partial charge on any atom is -0.491 e. The molecule has 26 heavy (non-hydrogen) atoms. The maximum Gasteiger partial charge on any atom is 0.178 e. The van der Waals surface area contributed by atoms with Crippen LogP contribution < -0.4 is 10.1 Å². The Labute approximate surface area is 151 Å². The number of anilines is 1. The Bertz CT molecular complexity index is 1070. The van der Waals surface area contributed by atoms with Gasteiger partial charge < -0.3 is 10.1 Å². The Morgan fingerprint density at radius 1 is 1.04 bits per heavy atom. The maximum atomic E-state index is 6.03. The molecular formula is C20H21N5O. The number of ether oxygens (including phenoxy) is 1. The fraction of sp³-hybridized carbons (Fsp3) is 0.250. The molecule has 0 amide bonds. The minimum absolute atomic E-state index is 0.115. The zero-order valence-electron chi connectivity index (χ0n) is 15.1. The summed E-state index contributed by atoms with van der Waals surface area (Å²) in [5.74, 6) is 2.43. The summed E-state index contributed by atoms with van der Waals surface area (Å²) in [6.07, 6.45) is 0.115. The Balaban J connectivity index is 1.69. The van der Waals surface area contributed by atoms with Crippen LogP contribution in [0.1, 0.15) is 25.2 Å². The molecule has 0 unspecified atom stereocenters. The quantitative estimate of drug-likeness (QED) is 0.591. The van der Waals surface area contributed by atoms with Gasteiger partial charge in [-0.1, -0.05) is 30.3 Å². The molecule has 0 aliphatic carbocycles. The fourth-order valence-corrected chi connectivity index (χ4v) is 3.03. The van der Waals surface area contributed by atoms with E-state index in [0.717, 1.165) is 28.6 Å². The van der Waals surface area contributed by atoms with Crippen molar-refractivity contribution in [2.24, 2.45) is 0 Å². The number of benzene rings is 2. The summed E-state index contributed by atoms with van der Waals surface area (Å²) in [5.41, 5.74) is 1.86. The molecule has 0 saturated carbocycles. The van der Waals surface area contributed by atoms with Crippen LogP contribution in [-0.2, 0) is 6.54 Å². The molecule has 0 aliphatic heterocycles. The predicted molar refractivity (Wildman–Crippen MR) is 103 cm³/mol. The monoisotopic (exact) mass is 347 g/mol. The van der Waals surface area contributed by atoms with Crippen LogP contribution in [0.3, 0.4) is 0 Å². The zero-order chi connectivity index (χ0) is 18.1. The first-order valence-electron chi connectivity index (χ1n) is 8.72. The lowest BCUT2D eigenvalue weighted by atomic mass is 10.0. The van der Waals surface area contributed by atoms with Gasteiger partial charge in [0.05, 0.1) is 6.10 Å². The number of hydrogen-bond donors (Lipinski definition) is 1. The lowest BCUT2D eigenvalue weighted by Crippen LogP contribution is -2.10. The minimum atomic E-state index is 0.115. The summed E-state index contributed by atoms with van der Waals surface area (Å²) in [4.78, 5) is 0. The van der Waals surface area contributed by atoms with Crippen molar-refractivity contribution in [2.75, 3.05) is 5.32 Å². The van der Waals surface area contributed by atoms with Gasteiger partial charge in [0.25, 0.3) is 0 Å². The van der Waals surface area contributed by atoms with Crippen LogP contribution in [-0.4, -0.2) is 25.9 Å². The highest BCUT2D eigenvalue weighted by molar-refractivity contribution is 5.88. The van der Waals surface area contributed by atoms with Crippen LogP contribution >= 0.6 is 0 Å². The van der Waals surface area contributed by atoms with Crippen molar-refractivity contribution in [3.05, 3.63) is 59.9 Å². The Morgan fingerprint density at radius 3 is 2.73 bits per heavy atom. The van der Waals surface area contributed by atoms with Gasteiger partial charge in [-0.05, 0) is 49.7 Å². The fourth-order valence-electron chi connectivity index (χ4n) is 3.03. The van der Waals surface area contributed by atoms with Gasteiger partial charge in [-0.2, -0.15) is 4.52 Å². The largest absolute Gasteiger partial charge is 0.491 e. The van der Waals surface area contributed by atoms with Crippen molar-refractivity contribution in [1.82, 2.24) is 19.8 Å². The van der Waals surface area contributed by atoms with E-state index in [9.17, 15) is 0 Å². The number of aromatic nitrogens is 4. The SMILES string of the molecule is Cc1nnc2ccc(NCc3c(OC(C)C)ccc4ccccc34)nn12. The third kappa shape index (κ3) is 3.06. The summed E-state index contributed by atoms with van der Waals surface area (Å²) in [5, 5.41) is 18.5. The average molecular weight is 347 g/mol. The number of rotatable bonds is 5. The second kappa shape index (κ2) is 6.63. The molecule has 1 N–H and O–H groups in total. The smallest absolute Gasteiger partial charge is 0.178 e. The van der Waals surface area contributed by atoms with E-state index in [2.05, 4.69) is 44.9 Å². The van der Waals surface area contributed by atoms with E-state index in [1.165, 1.54) is 10.8 Å². The molecule has 4 aromatic rings. The second-order valence-electron chi connectivity index (χ2n) is 6.52. The molecule has 0 spiro atoms. The topological polar surface area (TPSA) is 64.3 Å². The molecule has 6 heteroatoms. The molecule has 4 rings (SSSR count). The van der Waals surface area contributed by atoms with Gasteiger partial charge in [0.15, 0.2) is 11.5 Å². The summed E-state index contributed by atoms with van der Waals surface area (Å²) in [6, 6.07) is 16.3. The summed E-state index contributed by atoms with van der Waals surface area (Å²) < 4.78 is 7.77. The average Bonchev–Trinajstić information content (AvgIpc) is 3.01. The molecule has 2 heterocycles. The molecule has 0 radical (unpaired) electrons. The molecule has 0 fully saturated rings. The highest BCUT2D eigenvalue weighted by atomic mass is 16.5. The molecule has 2 aromatic carbocycles. The summed E-state index contributed by atoms with van der Waals surface area (Å²) in [6.45, 7) is 6.58. The van der Waals surface area contributed by atoms with Gasteiger partial charge in [-0.25, -0.2) is 0 Å². The first-order chi connectivity index (χ1) is 12.6.